The van der Waals surface area contributed by atoms with E-state index in [0.717, 1.165) is 42.8 Å². The highest BCUT2D eigenvalue weighted by molar-refractivity contribution is 6.03. The van der Waals surface area contributed by atoms with Crippen molar-refractivity contribution in [3.05, 3.63) is 89.2 Å². The molecule has 1 aliphatic rings. The first-order chi connectivity index (χ1) is 18.3. The van der Waals surface area contributed by atoms with E-state index in [-0.39, 0.29) is 13.3 Å². The van der Waals surface area contributed by atoms with Crippen LogP contribution < -0.4 is 20.7 Å². The van der Waals surface area contributed by atoms with Crippen molar-refractivity contribution >= 4 is 23.3 Å². The number of carbonyl (C=O) groups excluding carboxylic acids is 2. The summed E-state index contributed by atoms with van der Waals surface area (Å²) >= 11 is 0. The largest absolute Gasteiger partial charge is 0.456 e. The van der Waals surface area contributed by atoms with Crippen LogP contribution in [-0.2, 0) is 0 Å². The Hall–Kier alpha value is -3.84. The van der Waals surface area contributed by atoms with E-state index in [0.29, 0.717) is 35.0 Å². The van der Waals surface area contributed by atoms with Crippen LogP contribution >= 0.6 is 0 Å². The molecule has 39 heavy (non-hydrogen) atoms. The Kier molecular flexibility index (Phi) is 12.5. The van der Waals surface area contributed by atoms with Crippen LogP contribution in [0, 0.1) is 6.92 Å². The van der Waals surface area contributed by atoms with E-state index in [1.165, 1.54) is 12.8 Å². The number of urea groups is 1. The minimum atomic E-state index is -0.428. The Morgan fingerprint density at radius 2 is 1.74 bits per heavy atom. The molecule has 7 heteroatoms. The Morgan fingerprint density at radius 1 is 1.05 bits per heavy atom. The Balaban J connectivity index is 0.00000533. The SMILES string of the molecule is C.C=C(C)/C(C)=C\C(=C/C)Oc1ccc(C(=O)NCCCN2CCCC2)cc1NC(=O)Nc1ccccc1C. The van der Waals surface area contributed by atoms with Gasteiger partial charge in [-0.25, -0.2) is 4.79 Å². The molecule has 0 bridgehead atoms. The van der Waals surface area contributed by atoms with Gasteiger partial charge in [0.15, 0.2) is 5.75 Å². The smallest absolute Gasteiger partial charge is 0.323 e. The first kappa shape index (κ1) is 31.4. The van der Waals surface area contributed by atoms with Gasteiger partial charge in [-0.2, -0.15) is 0 Å². The Labute approximate surface area is 234 Å². The lowest BCUT2D eigenvalue weighted by molar-refractivity contribution is 0.0952. The molecule has 210 valence electrons. The summed E-state index contributed by atoms with van der Waals surface area (Å²) in [6.07, 6.45) is 7.14. The molecule has 0 atom stereocenters. The summed E-state index contributed by atoms with van der Waals surface area (Å²) in [5.41, 5.74) is 4.39. The first-order valence-corrected chi connectivity index (χ1v) is 13.2. The van der Waals surface area contributed by atoms with Gasteiger partial charge >= 0.3 is 6.03 Å². The molecule has 1 aliphatic heterocycles. The normalized spacial score (nSPS) is 13.8. The van der Waals surface area contributed by atoms with E-state index in [1.54, 1.807) is 18.2 Å². The molecule has 2 aromatic carbocycles. The predicted octanol–water partition coefficient (Wildman–Crippen LogP) is 7.30. The Morgan fingerprint density at radius 3 is 2.41 bits per heavy atom. The molecule has 1 heterocycles. The second kappa shape index (κ2) is 15.5. The number of amides is 3. The number of rotatable bonds is 11. The van der Waals surface area contributed by atoms with Crippen LogP contribution in [0.1, 0.15) is 63.4 Å². The van der Waals surface area contributed by atoms with E-state index in [9.17, 15) is 9.59 Å². The van der Waals surface area contributed by atoms with Gasteiger partial charge in [-0.05, 0) is 114 Å². The third-order valence-electron chi connectivity index (χ3n) is 6.56. The molecule has 1 saturated heterocycles. The van der Waals surface area contributed by atoms with Gasteiger partial charge in [0.05, 0.1) is 5.69 Å². The number of hydrogen-bond acceptors (Lipinski definition) is 4. The second-order valence-corrected chi connectivity index (χ2v) is 9.66. The van der Waals surface area contributed by atoms with Crippen LogP contribution in [0.2, 0.25) is 0 Å². The average molecular weight is 533 g/mol. The lowest BCUT2D eigenvalue weighted by Crippen LogP contribution is -2.28. The molecule has 0 spiro atoms. The third-order valence-corrected chi connectivity index (χ3v) is 6.56. The fourth-order valence-corrected chi connectivity index (χ4v) is 4.10. The number of likely N-dealkylation sites (tertiary alicyclic amines) is 1. The molecule has 1 fully saturated rings. The van der Waals surface area contributed by atoms with Gasteiger partial charge in [-0.3, -0.25) is 4.79 Å². The average Bonchev–Trinajstić information content (AvgIpc) is 3.41. The summed E-state index contributed by atoms with van der Waals surface area (Å²) in [5, 5.41) is 8.73. The molecular weight excluding hydrogens is 488 g/mol. The van der Waals surface area contributed by atoms with Crippen molar-refractivity contribution in [3.8, 4) is 5.75 Å². The summed E-state index contributed by atoms with van der Waals surface area (Å²) in [4.78, 5) is 28.2. The highest BCUT2D eigenvalue weighted by Gasteiger charge is 2.15. The number of benzene rings is 2. The number of para-hydroxylation sites is 1. The molecule has 3 N–H and O–H groups in total. The van der Waals surface area contributed by atoms with Crippen LogP contribution in [-0.4, -0.2) is 43.0 Å². The first-order valence-electron chi connectivity index (χ1n) is 13.2. The van der Waals surface area contributed by atoms with Gasteiger partial charge < -0.3 is 25.6 Å². The maximum atomic E-state index is 12.9. The zero-order valence-corrected chi connectivity index (χ0v) is 23.0. The maximum absolute atomic E-state index is 12.9. The predicted molar refractivity (Wildman–Crippen MR) is 163 cm³/mol. The van der Waals surface area contributed by atoms with Crippen molar-refractivity contribution in [2.24, 2.45) is 0 Å². The van der Waals surface area contributed by atoms with E-state index >= 15 is 0 Å². The number of aryl methyl sites for hydroxylation is 1. The summed E-state index contributed by atoms with van der Waals surface area (Å²) in [6, 6.07) is 12.2. The maximum Gasteiger partial charge on any atom is 0.323 e. The van der Waals surface area contributed by atoms with E-state index in [2.05, 4.69) is 27.4 Å². The quantitative estimate of drug-likeness (QED) is 0.161. The van der Waals surface area contributed by atoms with Crippen molar-refractivity contribution in [1.29, 1.82) is 0 Å². The molecular formula is C32H44N4O3. The molecule has 0 unspecified atom stereocenters. The zero-order chi connectivity index (χ0) is 27.5. The third kappa shape index (κ3) is 9.76. The topological polar surface area (TPSA) is 82.7 Å². The molecule has 3 rings (SSSR count). The van der Waals surface area contributed by atoms with Crippen LogP contribution in [0.15, 0.2) is 78.1 Å². The van der Waals surface area contributed by atoms with Crippen molar-refractivity contribution in [1.82, 2.24) is 10.2 Å². The standard InChI is InChI=1S/C31H40N4O3.CH4/c1-6-26(20-24(5)22(2)3)38-29-15-14-25(30(36)32-16-11-19-35-17-9-10-18-35)21-28(29)34-31(37)33-27-13-8-7-12-23(27)4;/h6-8,12-15,20-21H,2,9-11,16-19H2,1,3-5H3,(H,32,36)(H2,33,34,37);1H4/b24-20-,26-6+;. The molecule has 0 aromatic heterocycles. The van der Waals surface area contributed by atoms with Crippen molar-refractivity contribution < 1.29 is 14.3 Å². The second-order valence-electron chi connectivity index (χ2n) is 9.66. The number of anilines is 2. The minimum Gasteiger partial charge on any atom is -0.456 e. The highest BCUT2D eigenvalue weighted by Crippen LogP contribution is 2.29. The van der Waals surface area contributed by atoms with Crippen LogP contribution in [0.25, 0.3) is 0 Å². The number of allylic oxidation sites excluding steroid dienone is 4. The van der Waals surface area contributed by atoms with Crippen LogP contribution in [0.4, 0.5) is 16.2 Å². The molecule has 0 aliphatic carbocycles. The van der Waals surface area contributed by atoms with E-state index < -0.39 is 6.03 Å². The van der Waals surface area contributed by atoms with Gasteiger partial charge in [-0.15, -0.1) is 0 Å². The van der Waals surface area contributed by atoms with Crippen LogP contribution in [0.5, 0.6) is 5.75 Å². The number of nitrogens with one attached hydrogen (secondary N) is 3. The Bertz CT molecular complexity index is 1210. The number of hydrogen-bond donors (Lipinski definition) is 3. The van der Waals surface area contributed by atoms with Gasteiger partial charge in [0.1, 0.15) is 5.76 Å². The number of ether oxygens (including phenoxy) is 1. The fourth-order valence-electron chi connectivity index (χ4n) is 4.10. The van der Waals surface area contributed by atoms with Crippen molar-refractivity contribution in [3.63, 3.8) is 0 Å². The van der Waals surface area contributed by atoms with Gasteiger partial charge in [0, 0.05) is 17.8 Å². The van der Waals surface area contributed by atoms with Gasteiger partial charge in [-0.1, -0.05) is 37.8 Å². The lowest BCUT2D eigenvalue weighted by atomic mass is 10.1. The van der Waals surface area contributed by atoms with Gasteiger partial charge in [0.2, 0.25) is 0 Å². The molecule has 2 aromatic rings. The number of carbonyl (C=O) groups is 2. The molecule has 3 amide bonds. The van der Waals surface area contributed by atoms with Gasteiger partial charge in [0.25, 0.3) is 5.91 Å². The van der Waals surface area contributed by atoms with Crippen molar-refractivity contribution in [2.45, 2.75) is 54.4 Å². The molecule has 0 saturated carbocycles. The highest BCUT2D eigenvalue weighted by atomic mass is 16.5. The minimum absolute atomic E-state index is 0. The summed E-state index contributed by atoms with van der Waals surface area (Å²) in [7, 11) is 0. The monoisotopic (exact) mass is 532 g/mol. The lowest BCUT2D eigenvalue weighted by Gasteiger charge is -2.16. The van der Waals surface area contributed by atoms with E-state index in [1.807, 2.05) is 64.1 Å². The molecule has 0 radical (unpaired) electrons. The zero-order valence-electron chi connectivity index (χ0n) is 23.0. The number of nitrogens with zero attached hydrogens (tertiary/aromatic N) is 1. The summed E-state index contributed by atoms with van der Waals surface area (Å²) < 4.78 is 6.14. The van der Waals surface area contributed by atoms with Crippen LogP contribution in [0.3, 0.4) is 0 Å². The molecule has 7 nitrogen and oxygen atoms in total. The summed E-state index contributed by atoms with van der Waals surface area (Å²) in [6.45, 7) is 15.5. The summed E-state index contributed by atoms with van der Waals surface area (Å²) in [5.74, 6) is 0.839. The fraction of sp³-hybridized carbons (Fsp3) is 0.375. The van der Waals surface area contributed by atoms with Crippen molar-refractivity contribution in [2.75, 3.05) is 36.8 Å². The van der Waals surface area contributed by atoms with E-state index in [4.69, 9.17) is 4.74 Å².